The summed E-state index contributed by atoms with van der Waals surface area (Å²) >= 11 is 0. The zero-order valence-corrected chi connectivity index (χ0v) is 16.9. The molecule has 1 saturated carbocycles. The molecule has 2 aromatic carbocycles. The van der Waals surface area contributed by atoms with Crippen LogP contribution in [0.4, 0.5) is 5.69 Å². The van der Waals surface area contributed by atoms with Crippen LogP contribution in [0.15, 0.2) is 54.3 Å². The van der Waals surface area contributed by atoms with Crippen molar-refractivity contribution in [1.29, 1.82) is 0 Å². The van der Waals surface area contributed by atoms with Crippen molar-refractivity contribution in [2.24, 2.45) is 5.92 Å². The van der Waals surface area contributed by atoms with E-state index in [-0.39, 0.29) is 23.6 Å². The number of hydrogen-bond acceptors (Lipinski definition) is 3. The molecule has 150 valence electrons. The van der Waals surface area contributed by atoms with E-state index in [4.69, 9.17) is 4.74 Å². The number of anilines is 1. The zero-order chi connectivity index (χ0) is 20.4. The molecule has 2 atom stereocenters. The van der Waals surface area contributed by atoms with Crippen molar-refractivity contribution >= 4 is 23.6 Å². The molecule has 0 saturated heterocycles. The Balaban J connectivity index is 1.48. The van der Waals surface area contributed by atoms with E-state index in [0.29, 0.717) is 17.2 Å². The number of amides is 2. The summed E-state index contributed by atoms with van der Waals surface area (Å²) in [4.78, 5) is 26.7. The van der Waals surface area contributed by atoms with E-state index >= 15 is 0 Å². The lowest BCUT2D eigenvalue weighted by molar-refractivity contribution is -0.117. The van der Waals surface area contributed by atoms with Gasteiger partial charge in [0.05, 0.1) is 5.69 Å². The van der Waals surface area contributed by atoms with E-state index < -0.39 is 0 Å². The molecule has 1 N–H and O–H groups in total. The molecule has 29 heavy (non-hydrogen) atoms. The minimum Gasteiger partial charge on any atom is -0.449 e. The van der Waals surface area contributed by atoms with Crippen LogP contribution < -0.4 is 15.0 Å². The number of fused-ring (bicyclic) bond motifs is 1. The summed E-state index contributed by atoms with van der Waals surface area (Å²) in [5.74, 6) is 1.20. The van der Waals surface area contributed by atoms with Crippen molar-refractivity contribution < 1.29 is 14.3 Å². The van der Waals surface area contributed by atoms with E-state index in [9.17, 15) is 9.59 Å². The molecule has 1 heterocycles. The standard InChI is InChI=1S/C24H26N2O3/c1-16-7-3-4-8-19(16)25-23(27)18-13-11-17(12-14-18)15-22-24(28)26(2)20-9-5-6-10-21(20)29-22/h5-6,9-16,19H,3-4,7-8H2,1-2H3,(H,25,27)/b22-15-/t16-,19-/m1/s1. The Morgan fingerprint density at radius 1 is 1.10 bits per heavy atom. The van der Waals surface area contributed by atoms with Gasteiger partial charge >= 0.3 is 0 Å². The van der Waals surface area contributed by atoms with Crippen LogP contribution in [-0.2, 0) is 4.79 Å². The number of carbonyl (C=O) groups is 2. The second-order valence-electron chi connectivity index (χ2n) is 7.91. The molecule has 2 aliphatic rings. The molecule has 0 unspecified atom stereocenters. The number of benzene rings is 2. The summed E-state index contributed by atoms with van der Waals surface area (Å²) < 4.78 is 5.80. The maximum Gasteiger partial charge on any atom is 0.293 e. The summed E-state index contributed by atoms with van der Waals surface area (Å²) in [6.07, 6.45) is 6.35. The highest BCUT2D eigenvalue weighted by Crippen LogP contribution is 2.34. The van der Waals surface area contributed by atoms with Crippen LogP contribution in [0.25, 0.3) is 6.08 Å². The van der Waals surface area contributed by atoms with Crippen LogP contribution in [0, 0.1) is 5.92 Å². The summed E-state index contributed by atoms with van der Waals surface area (Å²) in [7, 11) is 1.73. The van der Waals surface area contributed by atoms with Gasteiger partial charge in [0.2, 0.25) is 0 Å². The van der Waals surface area contributed by atoms with Gasteiger partial charge in [-0.15, -0.1) is 0 Å². The Morgan fingerprint density at radius 3 is 2.59 bits per heavy atom. The minimum absolute atomic E-state index is 0.0402. The Morgan fingerprint density at radius 2 is 1.83 bits per heavy atom. The second-order valence-corrected chi connectivity index (χ2v) is 7.91. The molecule has 2 aromatic rings. The molecule has 1 fully saturated rings. The molecular weight excluding hydrogens is 364 g/mol. The highest BCUT2D eigenvalue weighted by molar-refractivity contribution is 6.09. The average Bonchev–Trinajstić information content (AvgIpc) is 2.74. The molecule has 0 bridgehead atoms. The first kappa shape index (κ1) is 19.2. The summed E-state index contributed by atoms with van der Waals surface area (Å²) in [6, 6.07) is 14.9. The highest BCUT2D eigenvalue weighted by Gasteiger charge is 2.27. The second kappa shape index (κ2) is 8.11. The molecule has 2 amide bonds. The van der Waals surface area contributed by atoms with Crippen LogP contribution in [0.3, 0.4) is 0 Å². The summed E-state index contributed by atoms with van der Waals surface area (Å²) in [6.45, 7) is 2.20. The molecule has 1 aliphatic carbocycles. The third-order valence-electron chi connectivity index (χ3n) is 5.86. The summed E-state index contributed by atoms with van der Waals surface area (Å²) in [5, 5.41) is 3.17. The van der Waals surface area contributed by atoms with Crippen molar-refractivity contribution in [2.45, 2.75) is 38.6 Å². The van der Waals surface area contributed by atoms with E-state index in [2.05, 4.69) is 12.2 Å². The van der Waals surface area contributed by atoms with E-state index in [0.717, 1.165) is 17.7 Å². The lowest BCUT2D eigenvalue weighted by Gasteiger charge is -2.29. The van der Waals surface area contributed by atoms with Gasteiger partial charge in [0.15, 0.2) is 11.5 Å². The fraction of sp³-hybridized carbons (Fsp3) is 0.333. The number of nitrogens with one attached hydrogen (secondary N) is 1. The normalized spacial score (nSPS) is 22.8. The first-order valence-electron chi connectivity index (χ1n) is 10.2. The van der Waals surface area contributed by atoms with E-state index in [1.165, 1.54) is 19.3 Å². The van der Waals surface area contributed by atoms with Gasteiger partial charge in [0.1, 0.15) is 0 Å². The van der Waals surface area contributed by atoms with Crippen LogP contribution in [0.2, 0.25) is 0 Å². The third-order valence-corrected chi connectivity index (χ3v) is 5.86. The lowest BCUT2D eigenvalue weighted by atomic mass is 9.86. The molecular formula is C24H26N2O3. The number of hydrogen-bond donors (Lipinski definition) is 1. The van der Waals surface area contributed by atoms with Crippen molar-refractivity contribution in [3.63, 3.8) is 0 Å². The largest absolute Gasteiger partial charge is 0.449 e. The Bertz CT molecular complexity index is 949. The van der Waals surface area contributed by atoms with Gasteiger partial charge in [0.25, 0.3) is 11.8 Å². The Labute approximate surface area is 171 Å². The van der Waals surface area contributed by atoms with Crippen molar-refractivity contribution in [3.8, 4) is 5.75 Å². The predicted molar refractivity (Wildman–Crippen MR) is 114 cm³/mol. The SMILES string of the molecule is C[C@@H]1CCCC[C@H]1NC(=O)c1ccc(/C=C2\Oc3ccccc3N(C)C2=O)cc1. The first-order chi connectivity index (χ1) is 14.0. The maximum absolute atomic E-state index is 12.6. The van der Waals surface area contributed by atoms with Gasteiger partial charge in [-0.25, -0.2) is 0 Å². The molecule has 5 heteroatoms. The van der Waals surface area contributed by atoms with Crippen LogP contribution in [0.1, 0.15) is 48.5 Å². The van der Waals surface area contributed by atoms with Gasteiger partial charge in [0, 0.05) is 18.7 Å². The predicted octanol–water partition coefficient (Wildman–Crippen LogP) is 4.39. The number of rotatable bonds is 3. The molecule has 0 radical (unpaired) electrons. The fourth-order valence-electron chi connectivity index (χ4n) is 4.01. The average molecular weight is 390 g/mol. The number of likely N-dealkylation sites (N-methyl/N-ethyl adjacent to an activating group) is 1. The van der Waals surface area contributed by atoms with Crippen molar-refractivity contribution in [2.75, 3.05) is 11.9 Å². The van der Waals surface area contributed by atoms with Crippen LogP contribution in [0.5, 0.6) is 5.75 Å². The molecule has 4 rings (SSSR count). The molecule has 5 nitrogen and oxygen atoms in total. The fourth-order valence-corrected chi connectivity index (χ4v) is 4.01. The van der Waals surface area contributed by atoms with Gasteiger partial charge in [-0.2, -0.15) is 0 Å². The van der Waals surface area contributed by atoms with Gasteiger partial charge in [-0.05, 0) is 54.7 Å². The maximum atomic E-state index is 12.6. The molecule has 1 aliphatic heterocycles. The summed E-state index contributed by atoms with van der Waals surface area (Å²) in [5.41, 5.74) is 2.19. The molecule has 0 spiro atoms. The van der Waals surface area contributed by atoms with E-state index in [1.54, 1.807) is 30.2 Å². The van der Waals surface area contributed by atoms with Crippen LogP contribution in [-0.4, -0.2) is 24.9 Å². The Kier molecular flexibility index (Phi) is 5.38. The van der Waals surface area contributed by atoms with Gasteiger partial charge < -0.3 is 15.0 Å². The third kappa shape index (κ3) is 4.04. The first-order valence-corrected chi connectivity index (χ1v) is 10.2. The van der Waals surface area contributed by atoms with Crippen LogP contribution >= 0.6 is 0 Å². The number of carbonyl (C=O) groups excluding carboxylic acids is 2. The highest BCUT2D eigenvalue weighted by atomic mass is 16.5. The number of nitrogens with zero attached hydrogens (tertiary/aromatic N) is 1. The zero-order valence-electron chi connectivity index (χ0n) is 16.9. The van der Waals surface area contributed by atoms with Crippen molar-refractivity contribution in [1.82, 2.24) is 5.32 Å². The molecule has 0 aromatic heterocycles. The van der Waals surface area contributed by atoms with E-state index in [1.807, 2.05) is 36.4 Å². The monoisotopic (exact) mass is 390 g/mol. The smallest absolute Gasteiger partial charge is 0.293 e. The minimum atomic E-state index is -0.197. The van der Waals surface area contributed by atoms with Gasteiger partial charge in [-0.3, -0.25) is 9.59 Å². The Hall–Kier alpha value is -3.08. The van der Waals surface area contributed by atoms with Crippen molar-refractivity contribution in [3.05, 3.63) is 65.4 Å². The number of para-hydroxylation sites is 2. The quantitative estimate of drug-likeness (QED) is 0.791. The topological polar surface area (TPSA) is 58.6 Å². The lowest BCUT2D eigenvalue weighted by Crippen LogP contribution is -2.41. The number of ether oxygens (including phenoxy) is 1. The van der Waals surface area contributed by atoms with Gasteiger partial charge in [-0.1, -0.05) is 44.0 Å².